The zero-order valence-corrected chi connectivity index (χ0v) is 16.9. The summed E-state index contributed by atoms with van der Waals surface area (Å²) in [6.07, 6.45) is 1.21. The number of benzene rings is 2. The predicted octanol–water partition coefficient (Wildman–Crippen LogP) is 3.24. The summed E-state index contributed by atoms with van der Waals surface area (Å²) < 4.78 is 40.7. The molecule has 150 valence electrons. The number of carbonyl (C=O) groups excluding carboxylic acids is 1. The van der Waals surface area contributed by atoms with Crippen LogP contribution in [0.15, 0.2) is 53.4 Å². The molecule has 1 N–H and O–H groups in total. The maximum atomic E-state index is 13.3. The van der Waals surface area contributed by atoms with Gasteiger partial charge in [-0.1, -0.05) is 29.8 Å². The molecule has 1 atom stereocenters. The summed E-state index contributed by atoms with van der Waals surface area (Å²) in [5.74, 6) is -0.577. The largest absolute Gasteiger partial charge is 0.352 e. The van der Waals surface area contributed by atoms with Gasteiger partial charge >= 0.3 is 0 Å². The topological polar surface area (TPSA) is 66.5 Å². The molecular weight excluding hydrogens is 379 g/mol. The number of hydrogen-bond acceptors (Lipinski definition) is 3. The fourth-order valence-electron chi connectivity index (χ4n) is 3.49. The summed E-state index contributed by atoms with van der Waals surface area (Å²) in [5, 5.41) is 2.83. The van der Waals surface area contributed by atoms with Crippen molar-refractivity contribution >= 4 is 15.9 Å². The highest BCUT2D eigenvalue weighted by Crippen LogP contribution is 2.33. The average molecular weight is 405 g/mol. The smallest absolute Gasteiger partial charge is 0.243 e. The van der Waals surface area contributed by atoms with Crippen molar-refractivity contribution in [3.63, 3.8) is 0 Å². The molecule has 1 aliphatic rings. The lowest BCUT2D eigenvalue weighted by Gasteiger charge is -2.38. The minimum atomic E-state index is -3.65. The fourth-order valence-corrected chi connectivity index (χ4v) is 5.09. The first-order valence-corrected chi connectivity index (χ1v) is 10.7. The number of sulfonamides is 1. The molecule has 1 saturated heterocycles. The van der Waals surface area contributed by atoms with E-state index in [1.165, 1.54) is 16.4 Å². The molecule has 3 rings (SSSR count). The van der Waals surface area contributed by atoms with Crippen LogP contribution in [-0.4, -0.2) is 31.7 Å². The highest BCUT2D eigenvalue weighted by atomic mass is 32.2. The zero-order valence-electron chi connectivity index (χ0n) is 16.1. The third kappa shape index (κ3) is 4.42. The van der Waals surface area contributed by atoms with Crippen molar-refractivity contribution in [3.8, 4) is 0 Å². The number of halogens is 1. The molecule has 0 aliphatic carbocycles. The third-order valence-corrected chi connectivity index (χ3v) is 7.07. The van der Waals surface area contributed by atoms with Gasteiger partial charge in [0.2, 0.25) is 15.9 Å². The Kier molecular flexibility index (Phi) is 5.86. The molecule has 28 heavy (non-hydrogen) atoms. The van der Waals surface area contributed by atoms with E-state index in [1.807, 2.05) is 6.92 Å². The van der Waals surface area contributed by atoms with Crippen LogP contribution in [0, 0.1) is 18.2 Å². The number of rotatable bonds is 5. The van der Waals surface area contributed by atoms with Crippen LogP contribution in [0.4, 0.5) is 4.39 Å². The van der Waals surface area contributed by atoms with Crippen LogP contribution in [0.25, 0.3) is 0 Å². The lowest BCUT2D eigenvalue weighted by atomic mass is 9.82. The number of hydrogen-bond donors (Lipinski definition) is 1. The number of piperidine rings is 1. The Balaban J connectivity index is 1.71. The van der Waals surface area contributed by atoms with Gasteiger partial charge in [-0.3, -0.25) is 4.79 Å². The quantitative estimate of drug-likeness (QED) is 0.832. The van der Waals surface area contributed by atoms with E-state index in [0.29, 0.717) is 24.9 Å². The van der Waals surface area contributed by atoms with Crippen LogP contribution < -0.4 is 5.32 Å². The highest BCUT2D eigenvalue weighted by Gasteiger charge is 2.41. The number of amides is 1. The first-order valence-electron chi connectivity index (χ1n) is 9.30. The molecule has 1 amide bonds. The standard InChI is InChI=1S/C21H25FN2O3S/c1-16-7-9-19(10-8-16)28(26,27)24-12-4-11-21(2,15-24)20(25)23-14-17-5-3-6-18(22)13-17/h3,5-10,13H,4,11-12,14-15H2,1-2H3,(H,23,25). The minimum Gasteiger partial charge on any atom is -0.352 e. The molecule has 0 saturated carbocycles. The van der Waals surface area contributed by atoms with Crippen molar-refractivity contribution in [1.82, 2.24) is 9.62 Å². The Hall–Kier alpha value is -2.25. The number of nitrogens with one attached hydrogen (secondary N) is 1. The Labute approximate surface area is 165 Å². The van der Waals surface area contributed by atoms with Gasteiger partial charge in [0.15, 0.2) is 0 Å². The molecule has 0 radical (unpaired) electrons. The van der Waals surface area contributed by atoms with Gasteiger partial charge in [0, 0.05) is 19.6 Å². The molecule has 0 aromatic heterocycles. The van der Waals surface area contributed by atoms with Gasteiger partial charge in [0.05, 0.1) is 10.3 Å². The van der Waals surface area contributed by atoms with Crippen molar-refractivity contribution in [3.05, 3.63) is 65.5 Å². The fraction of sp³-hybridized carbons (Fsp3) is 0.381. The van der Waals surface area contributed by atoms with Crippen LogP contribution in [0.2, 0.25) is 0 Å². The van der Waals surface area contributed by atoms with Crippen LogP contribution >= 0.6 is 0 Å². The van der Waals surface area contributed by atoms with Crippen molar-refractivity contribution < 1.29 is 17.6 Å². The second-order valence-corrected chi connectivity index (χ2v) is 9.57. The van der Waals surface area contributed by atoms with Crippen molar-refractivity contribution in [2.45, 2.75) is 38.1 Å². The van der Waals surface area contributed by atoms with Crippen molar-refractivity contribution in [2.75, 3.05) is 13.1 Å². The van der Waals surface area contributed by atoms with Gasteiger partial charge in [-0.15, -0.1) is 0 Å². The molecule has 2 aromatic rings. The van der Waals surface area contributed by atoms with E-state index in [1.54, 1.807) is 43.3 Å². The lowest BCUT2D eigenvalue weighted by molar-refractivity contribution is -0.132. The van der Waals surface area contributed by atoms with Crippen LogP contribution in [0.1, 0.15) is 30.9 Å². The summed E-state index contributed by atoms with van der Waals surface area (Å²) in [4.78, 5) is 13.0. The number of carbonyl (C=O) groups is 1. The van der Waals surface area contributed by atoms with Crippen LogP contribution in [-0.2, 0) is 21.4 Å². The maximum Gasteiger partial charge on any atom is 0.243 e. The summed E-state index contributed by atoms with van der Waals surface area (Å²) in [6.45, 7) is 4.40. The number of nitrogens with zero attached hydrogens (tertiary/aromatic N) is 1. The van der Waals surface area contributed by atoms with Crippen molar-refractivity contribution in [1.29, 1.82) is 0 Å². The van der Waals surface area contributed by atoms with Crippen LogP contribution in [0.3, 0.4) is 0 Å². The molecule has 1 aliphatic heterocycles. The summed E-state index contributed by atoms with van der Waals surface area (Å²) in [5.41, 5.74) is 0.819. The Bertz CT molecular complexity index is 960. The van der Waals surface area contributed by atoms with E-state index in [2.05, 4.69) is 5.32 Å². The summed E-state index contributed by atoms with van der Waals surface area (Å²) in [6, 6.07) is 12.8. The molecule has 2 aromatic carbocycles. The van der Waals surface area contributed by atoms with Crippen molar-refractivity contribution in [2.24, 2.45) is 5.41 Å². The maximum absolute atomic E-state index is 13.3. The van der Waals surface area contributed by atoms with E-state index >= 15 is 0 Å². The second kappa shape index (κ2) is 8.01. The van der Waals surface area contributed by atoms with E-state index in [4.69, 9.17) is 0 Å². The lowest BCUT2D eigenvalue weighted by Crippen LogP contribution is -2.51. The van der Waals surface area contributed by atoms with Gasteiger partial charge in [-0.25, -0.2) is 12.8 Å². The Morgan fingerprint density at radius 3 is 2.61 bits per heavy atom. The molecule has 1 fully saturated rings. The predicted molar refractivity (Wildman–Crippen MR) is 106 cm³/mol. The highest BCUT2D eigenvalue weighted by molar-refractivity contribution is 7.89. The van der Waals surface area contributed by atoms with Gasteiger partial charge in [0.25, 0.3) is 0 Å². The Morgan fingerprint density at radius 2 is 1.93 bits per heavy atom. The zero-order chi connectivity index (χ0) is 20.4. The molecule has 0 spiro atoms. The SMILES string of the molecule is Cc1ccc(S(=O)(=O)N2CCCC(C)(C(=O)NCc3cccc(F)c3)C2)cc1. The molecule has 1 heterocycles. The van der Waals surface area contributed by atoms with E-state index in [9.17, 15) is 17.6 Å². The minimum absolute atomic E-state index is 0.123. The average Bonchev–Trinajstić information content (AvgIpc) is 2.66. The third-order valence-electron chi connectivity index (χ3n) is 5.21. The van der Waals surface area contributed by atoms with E-state index in [0.717, 1.165) is 5.56 Å². The Morgan fingerprint density at radius 1 is 1.21 bits per heavy atom. The summed E-state index contributed by atoms with van der Waals surface area (Å²) >= 11 is 0. The summed E-state index contributed by atoms with van der Waals surface area (Å²) in [7, 11) is -3.65. The molecule has 0 bridgehead atoms. The van der Waals surface area contributed by atoms with E-state index in [-0.39, 0.29) is 29.7 Å². The van der Waals surface area contributed by atoms with Crippen LogP contribution in [0.5, 0.6) is 0 Å². The second-order valence-electron chi connectivity index (χ2n) is 7.63. The molecule has 7 heteroatoms. The molecule has 5 nitrogen and oxygen atoms in total. The van der Waals surface area contributed by atoms with Gasteiger partial charge < -0.3 is 5.32 Å². The molecular formula is C21H25FN2O3S. The van der Waals surface area contributed by atoms with E-state index < -0.39 is 15.4 Å². The van der Waals surface area contributed by atoms with Gasteiger partial charge in [-0.2, -0.15) is 4.31 Å². The first-order chi connectivity index (χ1) is 13.2. The van der Waals surface area contributed by atoms with Gasteiger partial charge in [0.1, 0.15) is 5.82 Å². The number of aryl methyl sites for hydroxylation is 1. The first kappa shape index (κ1) is 20.5. The normalized spacial score (nSPS) is 20.7. The monoisotopic (exact) mass is 404 g/mol. The molecule has 1 unspecified atom stereocenters. The van der Waals surface area contributed by atoms with Gasteiger partial charge in [-0.05, 0) is 56.5 Å².